The average molecular weight is 339 g/mol. The topological polar surface area (TPSA) is 57.1 Å². The van der Waals surface area contributed by atoms with Crippen LogP contribution in [0.4, 0.5) is 18.9 Å². The fourth-order valence-electron chi connectivity index (χ4n) is 1.56. The zero-order valence-electron chi connectivity index (χ0n) is 12.4. The molecule has 0 aromatic heterocycles. The van der Waals surface area contributed by atoms with Gasteiger partial charge in [0, 0.05) is 0 Å². The summed E-state index contributed by atoms with van der Waals surface area (Å²) in [4.78, 5) is 3.44. The number of ether oxygens (including phenoxy) is 1. The number of nitrogens with zero attached hydrogens (tertiary/aromatic N) is 1. The predicted molar refractivity (Wildman–Crippen MR) is 77.0 cm³/mol. The van der Waals surface area contributed by atoms with Gasteiger partial charge >= 0.3 is 13.8 Å². The van der Waals surface area contributed by atoms with Crippen molar-refractivity contribution in [2.24, 2.45) is 4.99 Å². The van der Waals surface area contributed by atoms with Crippen LogP contribution in [0.15, 0.2) is 29.3 Å². The van der Waals surface area contributed by atoms with Crippen LogP contribution in [0.3, 0.4) is 0 Å². The Morgan fingerprint density at radius 3 is 2.00 bits per heavy atom. The van der Waals surface area contributed by atoms with Crippen LogP contribution < -0.4 is 4.74 Å². The first-order valence-electron chi connectivity index (χ1n) is 6.46. The third-order valence-electron chi connectivity index (χ3n) is 2.42. The minimum absolute atomic E-state index is 0.0345. The lowest BCUT2D eigenvalue weighted by Gasteiger charge is -2.20. The minimum atomic E-state index is -4.94. The molecule has 0 heterocycles. The molecule has 0 amide bonds. The Bertz CT molecular complexity index is 547. The molecule has 0 N–H and O–H groups in total. The van der Waals surface area contributed by atoms with Gasteiger partial charge in [-0.2, -0.15) is 13.2 Å². The number of hydrogen-bond donors (Lipinski definition) is 0. The summed E-state index contributed by atoms with van der Waals surface area (Å²) in [5, 5.41) is 0. The van der Waals surface area contributed by atoms with Crippen LogP contribution in [0, 0.1) is 0 Å². The van der Waals surface area contributed by atoms with E-state index in [1.54, 1.807) is 0 Å². The van der Waals surface area contributed by atoms with Crippen LogP contribution in [-0.2, 0) is 13.6 Å². The van der Waals surface area contributed by atoms with Crippen molar-refractivity contribution in [3.8, 4) is 5.75 Å². The second kappa shape index (κ2) is 7.76. The van der Waals surface area contributed by atoms with Crippen LogP contribution >= 0.6 is 7.60 Å². The van der Waals surface area contributed by atoms with Gasteiger partial charge in [0.15, 0.2) is 0 Å². The molecule has 0 saturated carbocycles. The Morgan fingerprint density at radius 1 is 1.14 bits per heavy atom. The Hall–Kier alpha value is -1.37. The highest BCUT2D eigenvalue weighted by Crippen LogP contribution is 2.55. The van der Waals surface area contributed by atoms with Crippen molar-refractivity contribution in [3.63, 3.8) is 0 Å². The lowest BCUT2D eigenvalue weighted by molar-refractivity contribution is -0.0572. The summed E-state index contributed by atoms with van der Waals surface area (Å²) in [6.07, 6.45) is -4.94. The van der Waals surface area contributed by atoms with Gasteiger partial charge in [0.05, 0.1) is 26.0 Å². The molecule has 22 heavy (non-hydrogen) atoms. The van der Waals surface area contributed by atoms with E-state index in [9.17, 15) is 17.7 Å². The van der Waals surface area contributed by atoms with Crippen LogP contribution in [-0.4, -0.2) is 32.0 Å². The van der Waals surface area contributed by atoms with Gasteiger partial charge in [-0.15, -0.1) is 0 Å². The van der Waals surface area contributed by atoms with Crippen molar-refractivity contribution < 1.29 is 31.5 Å². The third kappa shape index (κ3) is 4.83. The van der Waals surface area contributed by atoms with Crippen LogP contribution in [0.5, 0.6) is 5.75 Å². The SMILES string of the molecule is CCOP(=O)(OCC)C(=Nc1ccc(OC)cc1)C(F)(F)F. The van der Waals surface area contributed by atoms with Gasteiger partial charge in [-0.1, -0.05) is 0 Å². The van der Waals surface area contributed by atoms with E-state index in [1.165, 1.54) is 45.2 Å². The summed E-state index contributed by atoms with van der Waals surface area (Å²) >= 11 is 0. The van der Waals surface area contributed by atoms with E-state index in [1.807, 2.05) is 0 Å². The molecule has 1 rings (SSSR count). The van der Waals surface area contributed by atoms with E-state index in [-0.39, 0.29) is 18.9 Å². The minimum Gasteiger partial charge on any atom is -0.497 e. The van der Waals surface area contributed by atoms with E-state index in [2.05, 4.69) is 4.99 Å². The highest BCUT2D eigenvalue weighted by molar-refractivity contribution is 7.72. The molecule has 9 heteroatoms. The van der Waals surface area contributed by atoms with E-state index < -0.39 is 19.2 Å². The van der Waals surface area contributed by atoms with Crippen molar-refractivity contribution in [2.45, 2.75) is 20.0 Å². The molecule has 0 fully saturated rings. The normalized spacial score (nSPS) is 13.3. The zero-order chi connectivity index (χ0) is 16.8. The monoisotopic (exact) mass is 339 g/mol. The predicted octanol–water partition coefficient (Wildman–Crippen LogP) is 4.55. The second-order valence-corrected chi connectivity index (χ2v) is 5.90. The molecule has 1 aromatic carbocycles. The number of rotatable bonds is 7. The fourth-order valence-corrected chi connectivity index (χ4v) is 3.11. The molecule has 5 nitrogen and oxygen atoms in total. The Morgan fingerprint density at radius 2 is 1.64 bits per heavy atom. The van der Waals surface area contributed by atoms with Crippen molar-refractivity contribution >= 4 is 18.7 Å². The summed E-state index contributed by atoms with van der Waals surface area (Å²) in [6.45, 7) is 2.45. The maximum atomic E-state index is 13.2. The fraction of sp³-hybridized carbons (Fsp3) is 0.462. The molecule has 0 aliphatic rings. The van der Waals surface area contributed by atoms with Gasteiger partial charge in [0.2, 0.25) is 5.45 Å². The average Bonchev–Trinajstić information content (AvgIpc) is 2.44. The van der Waals surface area contributed by atoms with E-state index in [4.69, 9.17) is 13.8 Å². The number of alkyl halides is 3. The van der Waals surface area contributed by atoms with Gasteiger partial charge in [-0.3, -0.25) is 4.57 Å². The summed E-state index contributed by atoms with van der Waals surface area (Å²) < 4.78 is 66.4. The molecule has 1 aromatic rings. The summed E-state index contributed by atoms with van der Waals surface area (Å²) in [5.41, 5.74) is -1.61. The van der Waals surface area contributed by atoms with Gasteiger partial charge in [-0.05, 0) is 38.1 Å². The van der Waals surface area contributed by atoms with Gasteiger partial charge in [0.25, 0.3) is 0 Å². The van der Waals surface area contributed by atoms with Crippen molar-refractivity contribution in [1.29, 1.82) is 0 Å². The Labute approximate surface area is 126 Å². The summed E-state index contributed by atoms with van der Waals surface area (Å²) in [6, 6.07) is 5.51. The first kappa shape index (κ1) is 18.7. The van der Waals surface area contributed by atoms with Crippen LogP contribution in [0.2, 0.25) is 0 Å². The lowest BCUT2D eigenvalue weighted by atomic mass is 10.3. The zero-order valence-corrected chi connectivity index (χ0v) is 13.3. The number of methoxy groups -OCH3 is 1. The summed E-state index contributed by atoms with van der Waals surface area (Å²) in [7, 11) is -3.11. The van der Waals surface area contributed by atoms with Crippen molar-refractivity contribution in [3.05, 3.63) is 24.3 Å². The Kier molecular flexibility index (Phi) is 6.59. The molecular formula is C13H17F3NO4P. The number of benzene rings is 1. The summed E-state index contributed by atoms with van der Waals surface area (Å²) in [5.74, 6) is 0.463. The molecule has 0 aliphatic heterocycles. The van der Waals surface area contributed by atoms with Gasteiger partial charge in [-0.25, -0.2) is 4.99 Å². The first-order valence-corrected chi connectivity index (χ1v) is 8.00. The first-order chi connectivity index (χ1) is 10.3. The molecule has 0 unspecified atom stereocenters. The highest BCUT2D eigenvalue weighted by Gasteiger charge is 2.50. The maximum absolute atomic E-state index is 13.2. The molecule has 0 atom stereocenters. The van der Waals surface area contributed by atoms with Gasteiger partial charge < -0.3 is 13.8 Å². The molecule has 0 radical (unpaired) electrons. The third-order valence-corrected chi connectivity index (χ3v) is 4.49. The lowest BCUT2D eigenvalue weighted by Crippen LogP contribution is -2.25. The molecule has 124 valence electrons. The van der Waals surface area contributed by atoms with E-state index in [0.717, 1.165) is 0 Å². The smallest absolute Gasteiger partial charge is 0.441 e. The van der Waals surface area contributed by atoms with Crippen molar-refractivity contribution in [1.82, 2.24) is 0 Å². The number of halogens is 3. The van der Waals surface area contributed by atoms with Crippen LogP contribution in [0.25, 0.3) is 0 Å². The molecule has 0 saturated heterocycles. The standard InChI is InChI=1S/C13H17F3NO4P/c1-4-20-22(18,21-5-2)12(13(14,15)16)17-10-6-8-11(19-3)9-7-10/h6-9H,4-5H2,1-3H3. The second-order valence-electron chi connectivity index (χ2n) is 3.96. The molecular weight excluding hydrogens is 322 g/mol. The quantitative estimate of drug-likeness (QED) is 0.540. The number of hydrogen-bond acceptors (Lipinski definition) is 5. The maximum Gasteiger partial charge on any atom is 0.441 e. The van der Waals surface area contributed by atoms with Crippen molar-refractivity contribution in [2.75, 3.05) is 20.3 Å². The molecule has 0 bridgehead atoms. The highest BCUT2D eigenvalue weighted by atomic mass is 31.2. The van der Waals surface area contributed by atoms with E-state index >= 15 is 0 Å². The Balaban J connectivity index is 3.32. The number of aliphatic imine (C=N–C) groups is 1. The molecule has 0 aliphatic carbocycles. The van der Waals surface area contributed by atoms with Gasteiger partial charge in [0.1, 0.15) is 5.75 Å². The van der Waals surface area contributed by atoms with Crippen LogP contribution in [0.1, 0.15) is 13.8 Å². The van der Waals surface area contributed by atoms with E-state index in [0.29, 0.717) is 5.75 Å². The molecule has 0 spiro atoms. The largest absolute Gasteiger partial charge is 0.497 e.